The molecule has 0 aromatic carbocycles. The van der Waals surface area contributed by atoms with Gasteiger partial charge in [0, 0.05) is 5.41 Å². The predicted molar refractivity (Wildman–Crippen MR) is 88.9 cm³/mol. The van der Waals surface area contributed by atoms with Gasteiger partial charge in [-0.2, -0.15) is 0 Å². The average Bonchev–Trinajstić information content (AvgIpc) is 3.18. The Morgan fingerprint density at radius 3 is 2.73 bits per heavy atom. The van der Waals surface area contributed by atoms with Gasteiger partial charge in [-0.05, 0) is 74.0 Å². The van der Waals surface area contributed by atoms with Gasteiger partial charge in [0.25, 0.3) is 0 Å². The molecule has 0 bridgehead atoms. The van der Waals surface area contributed by atoms with Crippen molar-refractivity contribution in [2.75, 3.05) is 0 Å². The largest absolute Gasteiger partial charge is 0.370 e. The first kappa shape index (κ1) is 14.5. The Kier molecular flexibility index (Phi) is 2.88. The number of carbonyl (C=O) groups excluding carboxylic acids is 1. The van der Waals surface area contributed by atoms with Crippen molar-refractivity contribution in [3.8, 4) is 0 Å². The fraction of sp³-hybridized carbons (Fsp3) is 0.947. The molecule has 22 heavy (non-hydrogen) atoms. The summed E-state index contributed by atoms with van der Waals surface area (Å²) in [4.78, 5) is 12.8. The molecule has 0 aromatic heterocycles. The highest BCUT2D eigenvalue weighted by molar-refractivity contribution is 9.10. The Hall–Kier alpha value is 0.110. The van der Waals surface area contributed by atoms with E-state index in [0.717, 1.165) is 30.6 Å². The van der Waals surface area contributed by atoms with Gasteiger partial charge in [0.15, 0.2) is 5.78 Å². The van der Waals surface area contributed by atoms with Crippen LogP contribution in [0.15, 0.2) is 0 Å². The molecule has 1 saturated heterocycles. The monoisotopic (exact) mass is 366 g/mol. The molecule has 0 amide bonds. The molecule has 4 aliphatic carbocycles. The fourth-order valence-electron chi connectivity index (χ4n) is 7.27. The van der Waals surface area contributed by atoms with Crippen molar-refractivity contribution in [2.45, 2.75) is 75.8 Å². The summed E-state index contributed by atoms with van der Waals surface area (Å²) in [5, 5.41) is 0. The second kappa shape index (κ2) is 4.39. The number of ether oxygens (including phenoxy) is 1. The molecular formula is C19H27BrO2. The van der Waals surface area contributed by atoms with Gasteiger partial charge in [-0.15, -0.1) is 0 Å². The Bertz CT molecular complexity index is 534. The van der Waals surface area contributed by atoms with E-state index >= 15 is 0 Å². The van der Waals surface area contributed by atoms with Crippen molar-refractivity contribution >= 4 is 21.7 Å². The smallest absolute Gasteiger partial charge is 0.152 e. The van der Waals surface area contributed by atoms with Gasteiger partial charge in [-0.3, -0.25) is 4.79 Å². The maximum absolute atomic E-state index is 12.7. The highest BCUT2D eigenvalue weighted by Gasteiger charge is 2.64. The molecule has 0 aromatic rings. The predicted octanol–water partition coefficient (Wildman–Crippen LogP) is 4.35. The quantitative estimate of drug-likeness (QED) is 0.471. The van der Waals surface area contributed by atoms with E-state index in [2.05, 4.69) is 29.8 Å². The number of ketones is 1. The first-order chi connectivity index (χ1) is 10.4. The third kappa shape index (κ3) is 1.68. The molecule has 5 fully saturated rings. The molecule has 9 atom stereocenters. The van der Waals surface area contributed by atoms with E-state index in [1.54, 1.807) is 0 Å². The first-order valence-electron chi connectivity index (χ1n) is 9.27. The van der Waals surface area contributed by atoms with Gasteiger partial charge in [0.05, 0.1) is 17.0 Å². The van der Waals surface area contributed by atoms with E-state index in [0.29, 0.717) is 29.3 Å². The lowest BCUT2D eigenvalue weighted by Gasteiger charge is -2.58. The number of rotatable bonds is 0. The maximum atomic E-state index is 12.7. The molecule has 5 aliphatic rings. The zero-order valence-electron chi connectivity index (χ0n) is 13.7. The fourth-order valence-corrected chi connectivity index (χ4v) is 8.19. The third-order valence-electron chi connectivity index (χ3n) is 8.61. The average molecular weight is 367 g/mol. The van der Waals surface area contributed by atoms with E-state index in [4.69, 9.17) is 4.74 Å². The van der Waals surface area contributed by atoms with E-state index < -0.39 is 0 Å². The van der Waals surface area contributed by atoms with Crippen LogP contribution in [0.1, 0.15) is 58.8 Å². The Balaban J connectivity index is 1.49. The highest BCUT2D eigenvalue weighted by atomic mass is 79.9. The summed E-state index contributed by atoms with van der Waals surface area (Å²) < 4.78 is 5.89. The van der Waals surface area contributed by atoms with Crippen LogP contribution in [0.5, 0.6) is 0 Å². The standard InChI is InChI=1S/C19H27BrO2/c1-18-6-5-12-11(13(18)8-14(20)17(18)21)4-3-10-7-15-16(22-15)9-19(10,12)2/h10-16H,3-9H2,1-2H3/t10-,11?,12?,13-,14+,15-,16+,18-,19-/m0/s1. The first-order valence-corrected chi connectivity index (χ1v) is 10.2. The number of halogens is 1. The van der Waals surface area contributed by atoms with E-state index in [-0.39, 0.29) is 10.2 Å². The molecule has 5 rings (SSSR count). The molecule has 2 unspecified atom stereocenters. The van der Waals surface area contributed by atoms with Crippen molar-refractivity contribution < 1.29 is 9.53 Å². The lowest BCUT2D eigenvalue weighted by Crippen LogP contribution is -2.53. The van der Waals surface area contributed by atoms with Crippen molar-refractivity contribution in [3.05, 3.63) is 0 Å². The third-order valence-corrected chi connectivity index (χ3v) is 9.40. The van der Waals surface area contributed by atoms with E-state index in [1.807, 2.05) is 0 Å². The second-order valence-corrected chi connectivity index (χ2v) is 10.4. The SMILES string of the molecule is C[C@]12CCC3C(CC[C@H]4C[C@@H]5O[C@@H]5C[C@]34C)[C@@H]1C[C@@H](Br)C2=O. The van der Waals surface area contributed by atoms with Crippen molar-refractivity contribution in [2.24, 2.45) is 34.5 Å². The van der Waals surface area contributed by atoms with Gasteiger partial charge < -0.3 is 4.74 Å². The molecule has 3 heteroatoms. The summed E-state index contributed by atoms with van der Waals surface area (Å²) in [6.45, 7) is 4.84. The lowest BCUT2D eigenvalue weighted by atomic mass is 9.45. The minimum Gasteiger partial charge on any atom is -0.370 e. The zero-order valence-corrected chi connectivity index (χ0v) is 15.3. The van der Waals surface area contributed by atoms with Crippen molar-refractivity contribution in [1.29, 1.82) is 0 Å². The van der Waals surface area contributed by atoms with Gasteiger partial charge in [-0.1, -0.05) is 29.8 Å². The van der Waals surface area contributed by atoms with Crippen LogP contribution in [0.3, 0.4) is 0 Å². The van der Waals surface area contributed by atoms with Crippen LogP contribution >= 0.6 is 15.9 Å². The van der Waals surface area contributed by atoms with Crippen LogP contribution < -0.4 is 0 Å². The van der Waals surface area contributed by atoms with Crippen LogP contribution in [-0.2, 0) is 9.53 Å². The summed E-state index contributed by atoms with van der Waals surface area (Å²) in [5.74, 6) is 3.61. The molecule has 122 valence electrons. The number of Topliss-reactive ketones (excluding diaryl/α,β-unsaturated/α-hetero) is 1. The van der Waals surface area contributed by atoms with E-state index in [1.165, 1.54) is 32.1 Å². The molecule has 0 N–H and O–H groups in total. The molecule has 2 nitrogen and oxygen atoms in total. The number of epoxide rings is 1. The van der Waals surface area contributed by atoms with Gasteiger partial charge in [0.1, 0.15) is 0 Å². The minimum absolute atomic E-state index is 0.0359. The summed E-state index contributed by atoms with van der Waals surface area (Å²) >= 11 is 3.67. The maximum Gasteiger partial charge on any atom is 0.152 e. The van der Waals surface area contributed by atoms with Crippen molar-refractivity contribution in [1.82, 2.24) is 0 Å². The Labute approximate surface area is 141 Å². The van der Waals surface area contributed by atoms with Crippen LogP contribution in [0, 0.1) is 34.5 Å². The van der Waals surface area contributed by atoms with Crippen LogP contribution in [0.2, 0.25) is 0 Å². The van der Waals surface area contributed by atoms with E-state index in [9.17, 15) is 4.79 Å². The Morgan fingerprint density at radius 1 is 1.09 bits per heavy atom. The molecule has 4 saturated carbocycles. The number of fused-ring (bicyclic) bond motifs is 6. The molecule has 0 spiro atoms. The lowest BCUT2D eigenvalue weighted by molar-refractivity contribution is -0.137. The summed E-state index contributed by atoms with van der Waals surface area (Å²) in [7, 11) is 0. The summed E-state index contributed by atoms with van der Waals surface area (Å²) in [5.41, 5.74) is 0.446. The molecular weight excluding hydrogens is 340 g/mol. The van der Waals surface area contributed by atoms with Crippen LogP contribution in [-0.4, -0.2) is 22.8 Å². The minimum atomic E-state index is -0.0359. The van der Waals surface area contributed by atoms with Gasteiger partial charge in [-0.25, -0.2) is 0 Å². The van der Waals surface area contributed by atoms with Crippen molar-refractivity contribution in [3.63, 3.8) is 0 Å². The number of hydrogen-bond acceptors (Lipinski definition) is 2. The zero-order chi connectivity index (χ0) is 15.3. The summed E-state index contributed by atoms with van der Waals surface area (Å²) in [6.07, 6.45) is 9.98. The summed E-state index contributed by atoms with van der Waals surface area (Å²) in [6, 6.07) is 0. The van der Waals surface area contributed by atoms with Gasteiger partial charge in [0.2, 0.25) is 0 Å². The topological polar surface area (TPSA) is 29.6 Å². The van der Waals surface area contributed by atoms with Gasteiger partial charge >= 0.3 is 0 Å². The molecule has 1 aliphatic heterocycles. The molecule has 1 heterocycles. The number of hydrogen-bond donors (Lipinski definition) is 0. The second-order valence-electron chi connectivity index (χ2n) is 9.33. The normalized spacial score (nSPS) is 62.7. The number of carbonyl (C=O) groups is 1. The highest BCUT2D eigenvalue weighted by Crippen LogP contribution is 2.67. The van der Waals surface area contributed by atoms with Crippen LogP contribution in [0.25, 0.3) is 0 Å². The molecule has 0 radical (unpaired) electrons. The van der Waals surface area contributed by atoms with Crippen LogP contribution in [0.4, 0.5) is 0 Å². The Morgan fingerprint density at radius 2 is 1.91 bits per heavy atom. The number of alkyl halides is 1.